The predicted octanol–water partition coefficient (Wildman–Crippen LogP) is 4.37. The van der Waals surface area contributed by atoms with Gasteiger partial charge in [-0.2, -0.15) is 0 Å². The maximum Gasteiger partial charge on any atom is 0.264 e. The molecular weight excluding hydrogens is 549 g/mol. The summed E-state index contributed by atoms with van der Waals surface area (Å²) in [6.45, 7) is 5.65. The smallest absolute Gasteiger partial charge is 0.264 e. The van der Waals surface area contributed by atoms with Gasteiger partial charge in [-0.05, 0) is 86.5 Å². The molecule has 0 spiro atoms. The molecule has 0 aliphatic heterocycles. The first-order chi connectivity index (χ1) is 19.6. The Kier molecular flexibility index (Phi) is 11.1. The molecule has 2 amide bonds. The van der Waals surface area contributed by atoms with Crippen molar-refractivity contribution in [3.05, 3.63) is 84.2 Å². The first-order valence-corrected chi connectivity index (χ1v) is 14.8. The summed E-state index contributed by atoms with van der Waals surface area (Å²) in [6, 6.07) is 16.9. The van der Waals surface area contributed by atoms with Gasteiger partial charge < -0.3 is 19.7 Å². The zero-order valence-electron chi connectivity index (χ0n) is 23.7. The molecule has 0 bridgehead atoms. The van der Waals surface area contributed by atoms with Gasteiger partial charge in [-0.25, -0.2) is 12.8 Å². The Morgan fingerprint density at radius 2 is 1.51 bits per heavy atom. The number of amides is 2. The number of rotatable bonds is 14. The molecule has 1 N–H and O–H groups in total. The lowest BCUT2D eigenvalue weighted by molar-refractivity contribution is -0.140. The third kappa shape index (κ3) is 7.97. The average molecular weight is 586 g/mol. The van der Waals surface area contributed by atoms with E-state index in [9.17, 15) is 22.4 Å². The van der Waals surface area contributed by atoms with E-state index in [0.717, 1.165) is 34.1 Å². The van der Waals surface area contributed by atoms with Crippen LogP contribution in [0.15, 0.2) is 77.7 Å². The Morgan fingerprint density at radius 3 is 2.05 bits per heavy atom. The SMILES string of the molecule is CCNC(=O)[C@H](CC)N(Cc1ccc(OC)cc1)C(=O)CN(c1ccc(OCC)cc1)S(=O)(=O)c1ccc(F)cc1. The van der Waals surface area contributed by atoms with Gasteiger partial charge in [-0.3, -0.25) is 13.9 Å². The van der Waals surface area contributed by atoms with Crippen LogP contribution in [-0.2, 0) is 26.2 Å². The number of ether oxygens (including phenoxy) is 2. The van der Waals surface area contributed by atoms with Gasteiger partial charge in [0.05, 0.1) is 24.3 Å². The van der Waals surface area contributed by atoms with Crippen LogP contribution in [-0.4, -0.2) is 58.0 Å². The molecular formula is C30H36FN3O6S. The van der Waals surface area contributed by atoms with E-state index in [1.807, 2.05) is 6.92 Å². The summed E-state index contributed by atoms with van der Waals surface area (Å²) >= 11 is 0. The number of carbonyl (C=O) groups excluding carboxylic acids is 2. The quantitative estimate of drug-likeness (QED) is 0.301. The minimum atomic E-state index is -4.31. The fourth-order valence-corrected chi connectivity index (χ4v) is 5.69. The molecule has 11 heteroatoms. The van der Waals surface area contributed by atoms with Crippen molar-refractivity contribution in [2.45, 2.75) is 44.7 Å². The van der Waals surface area contributed by atoms with E-state index in [4.69, 9.17) is 9.47 Å². The summed E-state index contributed by atoms with van der Waals surface area (Å²) in [5.74, 6) is -0.352. The molecule has 0 aromatic heterocycles. The molecule has 0 heterocycles. The normalized spacial score (nSPS) is 11.8. The van der Waals surface area contributed by atoms with E-state index in [1.165, 1.54) is 17.0 Å². The standard InChI is InChI=1S/C30H36FN3O6S/c1-5-28(30(36)32-6-2)33(20-22-8-14-25(39-4)15-9-22)29(35)21-34(24-12-16-26(17-13-24)40-7-3)41(37,38)27-18-10-23(31)11-19-27/h8-19,28H,5-7,20-21H2,1-4H3,(H,32,36)/t28-/m0/s1. The molecule has 0 fully saturated rings. The third-order valence-electron chi connectivity index (χ3n) is 6.37. The zero-order valence-corrected chi connectivity index (χ0v) is 24.5. The molecule has 3 aromatic rings. The highest BCUT2D eigenvalue weighted by Crippen LogP contribution is 2.27. The number of hydrogen-bond acceptors (Lipinski definition) is 6. The van der Waals surface area contributed by atoms with Crippen LogP contribution in [0.4, 0.5) is 10.1 Å². The summed E-state index contributed by atoms with van der Waals surface area (Å²) in [4.78, 5) is 28.2. The van der Waals surface area contributed by atoms with Crippen LogP contribution in [0, 0.1) is 5.82 Å². The summed E-state index contributed by atoms with van der Waals surface area (Å²) in [5.41, 5.74) is 0.942. The zero-order chi connectivity index (χ0) is 30.0. The van der Waals surface area contributed by atoms with Gasteiger partial charge in [0, 0.05) is 13.1 Å². The van der Waals surface area contributed by atoms with Crippen LogP contribution in [0.2, 0.25) is 0 Å². The van der Waals surface area contributed by atoms with Crippen molar-refractivity contribution in [1.82, 2.24) is 10.2 Å². The number of carbonyl (C=O) groups is 2. The first kappa shape index (κ1) is 31.4. The molecule has 0 aliphatic rings. The number of sulfonamides is 1. The molecule has 0 radical (unpaired) electrons. The molecule has 3 rings (SSSR count). The molecule has 0 saturated heterocycles. The summed E-state index contributed by atoms with van der Waals surface area (Å²) in [5, 5.41) is 2.77. The van der Waals surface area contributed by atoms with Crippen LogP contribution in [0.3, 0.4) is 0 Å². The fraction of sp³-hybridized carbons (Fsp3) is 0.333. The number of halogens is 1. The summed E-state index contributed by atoms with van der Waals surface area (Å²) in [6.07, 6.45) is 0.307. The van der Waals surface area contributed by atoms with E-state index in [1.54, 1.807) is 57.4 Å². The van der Waals surface area contributed by atoms with Crippen molar-refractivity contribution in [1.29, 1.82) is 0 Å². The van der Waals surface area contributed by atoms with E-state index < -0.39 is 34.3 Å². The Bertz CT molecular complexity index is 1400. The molecule has 9 nitrogen and oxygen atoms in total. The molecule has 220 valence electrons. The van der Waals surface area contributed by atoms with Crippen molar-refractivity contribution in [2.75, 3.05) is 31.1 Å². The van der Waals surface area contributed by atoms with Crippen molar-refractivity contribution in [2.24, 2.45) is 0 Å². The highest BCUT2D eigenvalue weighted by molar-refractivity contribution is 7.92. The monoisotopic (exact) mass is 585 g/mol. The van der Waals surface area contributed by atoms with Crippen LogP contribution in [0.5, 0.6) is 11.5 Å². The Labute approximate surface area is 240 Å². The van der Waals surface area contributed by atoms with Gasteiger partial charge >= 0.3 is 0 Å². The van der Waals surface area contributed by atoms with Gasteiger partial charge in [-0.1, -0.05) is 19.1 Å². The fourth-order valence-electron chi connectivity index (χ4n) is 4.28. The Hall–Kier alpha value is -4.12. The lowest BCUT2D eigenvalue weighted by Crippen LogP contribution is -2.52. The molecule has 0 unspecified atom stereocenters. The average Bonchev–Trinajstić information content (AvgIpc) is 2.97. The Morgan fingerprint density at radius 1 is 0.902 bits per heavy atom. The van der Waals surface area contributed by atoms with Gasteiger partial charge in [0.25, 0.3) is 10.0 Å². The maximum absolute atomic E-state index is 14.0. The largest absolute Gasteiger partial charge is 0.497 e. The van der Waals surface area contributed by atoms with Gasteiger partial charge in [-0.15, -0.1) is 0 Å². The number of anilines is 1. The number of nitrogens with zero attached hydrogens (tertiary/aromatic N) is 2. The number of methoxy groups -OCH3 is 1. The minimum Gasteiger partial charge on any atom is -0.497 e. The number of hydrogen-bond donors (Lipinski definition) is 1. The third-order valence-corrected chi connectivity index (χ3v) is 8.15. The molecule has 0 aliphatic carbocycles. The number of benzene rings is 3. The van der Waals surface area contributed by atoms with E-state index in [-0.39, 0.29) is 23.0 Å². The van der Waals surface area contributed by atoms with Crippen molar-refractivity contribution >= 4 is 27.5 Å². The number of nitrogens with one attached hydrogen (secondary N) is 1. The second kappa shape index (κ2) is 14.5. The van der Waals surface area contributed by atoms with Crippen molar-refractivity contribution in [3.8, 4) is 11.5 Å². The van der Waals surface area contributed by atoms with Crippen LogP contribution in [0.25, 0.3) is 0 Å². The van der Waals surface area contributed by atoms with Crippen molar-refractivity contribution in [3.63, 3.8) is 0 Å². The summed E-state index contributed by atoms with van der Waals surface area (Å²) in [7, 11) is -2.76. The van der Waals surface area contributed by atoms with Gasteiger partial charge in [0.1, 0.15) is 29.9 Å². The lowest BCUT2D eigenvalue weighted by atomic mass is 10.1. The maximum atomic E-state index is 14.0. The summed E-state index contributed by atoms with van der Waals surface area (Å²) < 4.78 is 52.9. The highest BCUT2D eigenvalue weighted by Gasteiger charge is 2.33. The highest BCUT2D eigenvalue weighted by atomic mass is 32.2. The van der Waals surface area contributed by atoms with E-state index in [0.29, 0.717) is 31.1 Å². The molecule has 1 atom stereocenters. The minimum absolute atomic E-state index is 0.0617. The van der Waals surface area contributed by atoms with Crippen LogP contribution >= 0.6 is 0 Å². The Balaban J connectivity index is 2.05. The number of likely N-dealkylation sites (N-methyl/N-ethyl adjacent to an activating group) is 1. The van der Waals surface area contributed by atoms with E-state index in [2.05, 4.69) is 5.32 Å². The van der Waals surface area contributed by atoms with Gasteiger partial charge in [0.2, 0.25) is 11.8 Å². The second-order valence-electron chi connectivity index (χ2n) is 9.08. The molecule has 0 saturated carbocycles. The van der Waals surface area contributed by atoms with Gasteiger partial charge in [0.15, 0.2) is 0 Å². The predicted molar refractivity (Wildman–Crippen MR) is 155 cm³/mol. The van der Waals surface area contributed by atoms with Crippen LogP contribution in [0.1, 0.15) is 32.8 Å². The van der Waals surface area contributed by atoms with Crippen molar-refractivity contribution < 1.29 is 31.9 Å². The molecule has 41 heavy (non-hydrogen) atoms. The topological polar surface area (TPSA) is 105 Å². The van der Waals surface area contributed by atoms with E-state index >= 15 is 0 Å². The van der Waals surface area contributed by atoms with Crippen LogP contribution < -0.4 is 19.1 Å². The lowest BCUT2D eigenvalue weighted by Gasteiger charge is -2.33. The molecule has 3 aromatic carbocycles. The first-order valence-electron chi connectivity index (χ1n) is 13.4. The second-order valence-corrected chi connectivity index (χ2v) is 10.9.